The molecule has 4 rings (SSSR count). The lowest BCUT2D eigenvalue weighted by Crippen LogP contribution is -2.05. The van der Waals surface area contributed by atoms with Crippen molar-refractivity contribution in [1.82, 2.24) is 4.40 Å². The van der Waals surface area contributed by atoms with E-state index in [0.717, 1.165) is 22.2 Å². The zero-order valence-electron chi connectivity index (χ0n) is 12.7. The lowest BCUT2D eigenvalue weighted by molar-refractivity contribution is 0.103. The van der Waals surface area contributed by atoms with Crippen molar-refractivity contribution < 1.29 is 9.53 Å². The highest BCUT2D eigenvalue weighted by Crippen LogP contribution is 2.22. The molecule has 0 amide bonds. The SMILES string of the molecule is COc1ccc(C(=O)c2ccc3ccc4ccccc4n23)cc1. The number of hydrogen-bond acceptors (Lipinski definition) is 2. The van der Waals surface area contributed by atoms with Crippen LogP contribution >= 0.6 is 0 Å². The number of benzene rings is 2. The molecule has 0 atom stereocenters. The Balaban J connectivity index is 1.90. The Morgan fingerprint density at radius 1 is 0.870 bits per heavy atom. The Labute approximate surface area is 133 Å². The number of ether oxygens (including phenoxy) is 1. The molecule has 3 nitrogen and oxygen atoms in total. The summed E-state index contributed by atoms with van der Waals surface area (Å²) < 4.78 is 7.17. The molecule has 23 heavy (non-hydrogen) atoms. The van der Waals surface area contributed by atoms with Crippen LogP contribution in [0.25, 0.3) is 16.4 Å². The van der Waals surface area contributed by atoms with Gasteiger partial charge in [-0.3, -0.25) is 4.79 Å². The van der Waals surface area contributed by atoms with Crippen LogP contribution in [0.5, 0.6) is 5.75 Å². The zero-order valence-corrected chi connectivity index (χ0v) is 12.7. The van der Waals surface area contributed by atoms with Crippen molar-refractivity contribution in [2.45, 2.75) is 0 Å². The average molecular weight is 301 g/mol. The standard InChI is InChI=1S/C20H15NO2/c1-23-17-11-7-15(8-12-17)20(22)19-13-10-16-9-6-14-4-2-3-5-18(14)21(16)19/h2-13H,1H3. The van der Waals surface area contributed by atoms with E-state index in [1.54, 1.807) is 31.4 Å². The molecule has 0 unspecified atom stereocenters. The summed E-state index contributed by atoms with van der Waals surface area (Å²) in [6, 6.07) is 23.3. The van der Waals surface area contributed by atoms with Crippen LogP contribution in [0.15, 0.2) is 72.8 Å². The normalized spacial score (nSPS) is 11.0. The van der Waals surface area contributed by atoms with Gasteiger partial charge in [0.25, 0.3) is 0 Å². The van der Waals surface area contributed by atoms with E-state index < -0.39 is 0 Å². The lowest BCUT2D eigenvalue weighted by atomic mass is 10.1. The molecule has 0 radical (unpaired) electrons. The number of methoxy groups -OCH3 is 1. The first kappa shape index (κ1) is 13.6. The van der Waals surface area contributed by atoms with E-state index in [9.17, 15) is 4.79 Å². The van der Waals surface area contributed by atoms with Gasteiger partial charge in [0.15, 0.2) is 0 Å². The quantitative estimate of drug-likeness (QED) is 0.527. The third-order valence-electron chi connectivity index (χ3n) is 4.11. The van der Waals surface area contributed by atoms with Gasteiger partial charge in [-0.25, -0.2) is 0 Å². The number of nitrogens with zero attached hydrogens (tertiary/aromatic N) is 1. The molecule has 2 heterocycles. The predicted octanol–water partition coefficient (Wildman–Crippen LogP) is 4.33. The minimum atomic E-state index is 0.00371. The van der Waals surface area contributed by atoms with Crippen molar-refractivity contribution >= 4 is 22.2 Å². The molecule has 0 aliphatic heterocycles. The maximum atomic E-state index is 12.9. The summed E-state index contributed by atoms with van der Waals surface area (Å²) >= 11 is 0. The highest BCUT2D eigenvalue weighted by atomic mass is 16.5. The highest BCUT2D eigenvalue weighted by Gasteiger charge is 2.15. The van der Waals surface area contributed by atoms with E-state index in [0.29, 0.717) is 11.3 Å². The van der Waals surface area contributed by atoms with Gasteiger partial charge in [-0.2, -0.15) is 0 Å². The fraction of sp³-hybridized carbons (Fsp3) is 0.0500. The molecule has 0 N–H and O–H groups in total. The van der Waals surface area contributed by atoms with E-state index in [1.165, 1.54) is 0 Å². The average Bonchev–Trinajstić information content (AvgIpc) is 3.06. The molecule has 0 saturated heterocycles. The first-order chi connectivity index (χ1) is 11.3. The Kier molecular flexibility index (Phi) is 3.12. The molecule has 3 heteroatoms. The van der Waals surface area contributed by atoms with Crippen LogP contribution in [-0.2, 0) is 0 Å². The van der Waals surface area contributed by atoms with Gasteiger partial charge in [0.2, 0.25) is 5.78 Å². The van der Waals surface area contributed by atoms with Gasteiger partial charge in [0.05, 0.1) is 18.3 Å². The summed E-state index contributed by atoms with van der Waals surface area (Å²) in [5.74, 6) is 0.746. The molecule has 0 aliphatic rings. The molecule has 0 saturated carbocycles. The highest BCUT2D eigenvalue weighted by molar-refractivity contribution is 6.09. The van der Waals surface area contributed by atoms with Crippen molar-refractivity contribution in [2.24, 2.45) is 0 Å². The fourth-order valence-corrected chi connectivity index (χ4v) is 2.93. The maximum Gasteiger partial charge on any atom is 0.209 e. The number of carbonyl (C=O) groups excluding carboxylic acids is 1. The molecule has 0 fully saturated rings. The molecule has 0 aliphatic carbocycles. The monoisotopic (exact) mass is 301 g/mol. The number of aromatic nitrogens is 1. The number of rotatable bonds is 3. The van der Waals surface area contributed by atoms with Gasteiger partial charge in [0.1, 0.15) is 5.75 Å². The Bertz CT molecular complexity index is 1010. The number of ketones is 1. The first-order valence-corrected chi connectivity index (χ1v) is 7.46. The van der Waals surface area contributed by atoms with E-state index in [2.05, 4.69) is 12.1 Å². The van der Waals surface area contributed by atoms with Gasteiger partial charge < -0.3 is 9.14 Å². The summed E-state index contributed by atoms with van der Waals surface area (Å²) in [5.41, 5.74) is 3.37. The van der Waals surface area contributed by atoms with Crippen molar-refractivity contribution in [3.63, 3.8) is 0 Å². The van der Waals surface area contributed by atoms with E-state index in [-0.39, 0.29) is 5.78 Å². The van der Waals surface area contributed by atoms with Crippen molar-refractivity contribution in [1.29, 1.82) is 0 Å². The lowest BCUT2D eigenvalue weighted by Gasteiger charge is -2.07. The Morgan fingerprint density at radius 2 is 1.61 bits per heavy atom. The van der Waals surface area contributed by atoms with Gasteiger partial charge in [-0.1, -0.05) is 24.3 Å². The third-order valence-corrected chi connectivity index (χ3v) is 4.11. The second-order valence-corrected chi connectivity index (χ2v) is 5.43. The number of hydrogen-bond donors (Lipinski definition) is 0. The summed E-state index contributed by atoms with van der Waals surface area (Å²) in [7, 11) is 1.61. The Morgan fingerprint density at radius 3 is 2.39 bits per heavy atom. The summed E-state index contributed by atoms with van der Waals surface area (Å²) in [6.07, 6.45) is 0. The molecule has 2 aromatic heterocycles. The van der Waals surface area contributed by atoms with Crippen molar-refractivity contribution in [2.75, 3.05) is 7.11 Å². The molecule has 0 bridgehead atoms. The number of carbonyl (C=O) groups is 1. The van der Waals surface area contributed by atoms with Gasteiger partial charge in [0, 0.05) is 11.1 Å². The molecular weight excluding hydrogens is 286 g/mol. The molecule has 0 spiro atoms. The molecule has 4 aromatic rings. The largest absolute Gasteiger partial charge is 0.497 e. The summed E-state index contributed by atoms with van der Waals surface area (Å²) in [6.45, 7) is 0. The first-order valence-electron chi connectivity index (χ1n) is 7.46. The van der Waals surface area contributed by atoms with Gasteiger partial charge in [-0.05, 0) is 53.9 Å². The number of fused-ring (bicyclic) bond motifs is 3. The van der Waals surface area contributed by atoms with Gasteiger partial charge in [-0.15, -0.1) is 0 Å². The Hall–Kier alpha value is -3.07. The third kappa shape index (κ3) is 2.18. The zero-order chi connectivity index (χ0) is 15.8. The van der Waals surface area contributed by atoms with Crippen molar-refractivity contribution in [3.05, 3.63) is 84.1 Å². The number of pyridine rings is 1. The van der Waals surface area contributed by atoms with Crippen LogP contribution in [0.1, 0.15) is 16.1 Å². The minimum Gasteiger partial charge on any atom is -0.497 e. The minimum absolute atomic E-state index is 0.00371. The second-order valence-electron chi connectivity index (χ2n) is 5.43. The second kappa shape index (κ2) is 5.29. The number of para-hydroxylation sites is 1. The van der Waals surface area contributed by atoms with Crippen LogP contribution in [0, 0.1) is 0 Å². The topological polar surface area (TPSA) is 30.7 Å². The molecular formula is C20H15NO2. The predicted molar refractivity (Wildman–Crippen MR) is 91.3 cm³/mol. The van der Waals surface area contributed by atoms with E-state index >= 15 is 0 Å². The van der Waals surface area contributed by atoms with Crippen LogP contribution in [0.4, 0.5) is 0 Å². The fourth-order valence-electron chi connectivity index (χ4n) is 2.93. The molecule has 112 valence electrons. The smallest absolute Gasteiger partial charge is 0.209 e. The molecule has 2 aromatic carbocycles. The van der Waals surface area contributed by atoms with Crippen molar-refractivity contribution in [3.8, 4) is 5.75 Å². The van der Waals surface area contributed by atoms with Crippen LogP contribution < -0.4 is 4.74 Å². The van der Waals surface area contributed by atoms with Crippen LogP contribution in [-0.4, -0.2) is 17.3 Å². The van der Waals surface area contributed by atoms with Crippen LogP contribution in [0.2, 0.25) is 0 Å². The maximum absolute atomic E-state index is 12.9. The van der Waals surface area contributed by atoms with E-state index in [1.807, 2.05) is 40.8 Å². The van der Waals surface area contributed by atoms with E-state index in [4.69, 9.17) is 4.74 Å². The summed E-state index contributed by atoms with van der Waals surface area (Å²) in [4.78, 5) is 12.9. The van der Waals surface area contributed by atoms with Gasteiger partial charge >= 0.3 is 0 Å². The summed E-state index contributed by atoms with van der Waals surface area (Å²) in [5, 5.41) is 1.11. The van der Waals surface area contributed by atoms with Crippen LogP contribution in [0.3, 0.4) is 0 Å².